The maximum Gasteiger partial charge on any atom is 0.130 e. The standard InChI is InChI=1S/C16H17F2NO/c1-10-3-6-14(16(20)7-10)11(2)19-9-12-4-5-13(17)8-15(12)18/h3-8,11,19-20H,9H2,1-2H3. The summed E-state index contributed by atoms with van der Waals surface area (Å²) in [5.74, 6) is -0.946. The smallest absolute Gasteiger partial charge is 0.130 e. The van der Waals surface area contributed by atoms with Gasteiger partial charge in [-0.25, -0.2) is 8.78 Å². The van der Waals surface area contributed by atoms with Crippen molar-refractivity contribution in [3.8, 4) is 5.75 Å². The molecule has 0 fully saturated rings. The summed E-state index contributed by atoms with van der Waals surface area (Å²) in [6.45, 7) is 4.04. The van der Waals surface area contributed by atoms with Crippen molar-refractivity contribution in [3.05, 3.63) is 64.7 Å². The summed E-state index contributed by atoms with van der Waals surface area (Å²) in [4.78, 5) is 0. The summed E-state index contributed by atoms with van der Waals surface area (Å²) in [6, 6.07) is 8.81. The fourth-order valence-corrected chi connectivity index (χ4v) is 2.06. The van der Waals surface area contributed by atoms with Crippen molar-refractivity contribution in [2.75, 3.05) is 0 Å². The molecule has 0 aliphatic carbocycles. The highest BCUT2D eigenvalue weighted by atomic mass is 19.1. The monoisotopic (exact) mass is 277 g/mol. The van der Waals surface area contributed by atoms with Gasteiger partial charge in [0.2, 0.25) is 0 Å². The quantitative estimate of drug-likeness (QED) is 0.890. The predicted octanol–water partition coefficient (Wildman–Crippen LogP) is 3.83. The summed E-state index contributed by atoms with van der Waals surface area (Å²) in [5.41, 5.74) is 2.12. The molecule has 0 bridgehead atoms. The Balaban J connectivity index is 2.06. The van der Waals surface area contributed by atoms with Crippen molar-refractivity contribution in [3.63, 3.8) is 0 Å². The molecule has 2 aromatic carbocycles. The fourth-order valence-electron chi connectivity index (χ4n) is 2.06. The molecule has 1 unspecified atom stereocenters. The molecule has 2 nitrogen and oxygen atoms in total. The van der Waals surface area contributed by atoms with Gasteiger partial charge in [-0.3, -0.25) is 0 Å². The lowest BCUT2D eigenvalue weighted by Crippen LogP contribution is -2.19. The summed E-state index contributed by atoms with van der Waals surface area (Å²) < 4.78 is 26.3. The van der Waals surface area contributed by atoms with E-state index in [9.17, 15) is 13.9 Å². The number of benzene rings is 2. The van der Waals surface area contributed by atoms with E-state index in [1.54, 1.807) is 6.07 Å². The Morgan fingerprint density at radius 2 is 1.90 bits per heavy atom. The highest BCUT2D eigenvalue weighted by molar-refractivity contribution is 5.37. The van der Waals surface area contributed by atoms with E-state index in [0.29, 0.717) is 5.56 Å². The third-order valence-electron chi connectivity index (χ3n) is 3.27. The summed E-state index contributed by atoms with van der Waals surface area (Å²) in [6.07, 6.45) is 0. The van der Waals surface area contributed by atoms with E-state index in [0.717, 1.165) is 17.2 Å². The minimum Gasteiger partial charge on any atom is -0.508 e. The van der Waals surface area contributed by atoms with Crippen molar-refractivity contribution in [1.29, 1.82) is 0 Å². The third-order valence-corrected chi connectivity index (χ3v) is 3.27. The van der Waals surface area contributed by atoms with E-state index in [-0.39, 0.29) is 18.3 Å². The lowest BCUT2D eigenvalue weighted by Gasteiger charge is -2.16. The Morgan fingerprint density at radius 1 is 1.15 bits per heavy atom. The summed E-state index contributed by atoms with van der Waals surface area (Å²) in [5, 5.41) is 13.0. The molecule has 20 heavy (non-hydrogen) atoms. The van der Waals surface area contributed by atoms with E-state index in [2.05, 4.69) is 5.32 Å². The molecule has 0 aliphatic rings. The van der Waals surface area contributed by atoms with E-state index in [1.165, 1.54) is 12.1 Å². The van der Waals surface area contributed by atoms with Gasteiger partial charge >= 0.3 is 0 Å². The van der Waals surface area contributed by atoms with E-state index < -0.39 is 11.6 Å². The van der Waals surface area contributed by atoms with Gasteiger partial charge in [0.25, 0.3) is 0 Å². The largest absolute Gasteiger partial charge is 0.508 e. The van der Waals surface area contributed by atoms with Gasteiger partial charge in [0.05, 0.1) is 0 Å². The topological polar surface area (TPSA) is 32.3 Å². The molecular formula is C16H17F2NO. The van der Waals surface area contributed by atoms with Crippen molar-refractivity contribution in [1.82, 2.24) is 5.32 Å². The number of hydrogen-bond donors (Lipinski definition) is 2. The first-order valence-electron chi connectivity index (χ1n) is 6.44. The first kappa shape index (κ1) is 14.5. The van der Waals surface area contributed by atoms with Gasteiger partial charge in [-0.15, -0.1) is 0 Å². The minimum atomic E-state index is -0.588. The van der Waals surface area contributed by atoms with Crippen LogP contribution in [0.2, 0.25) is 0 Å². The van der Waals surface area contributed by atoms with Crippen LogP contribution in [-0.4, -0.2) is 5.11 Å². The molecule has 0 radical (unpaired) electrons. The Bertz CT molecular complexity index is 613. The molecule has 0 saturated heterocycles. The van der Waals surface area contributed by atoms with Crippen LogP contribution in [0.5, 0.6) is 5.75 Å². The van der Waals surface area contributed by atoms with Crippen LogP contribution in [0.25, 0.3) is 0 Å². The number of nitrogens with one attached hydrogen (secondary N) is 1. The van der Waals surface area contributed by atoms with Gasteiger partial charge in [0.1, 0.15) is 17.4 Å². The second kappa shape index (κ2) is 6.01. The van der Waals surface area contributed by atoms with Crippen LogP contribution >= 0.6 is 0 Å². The maximum atomic E-state index is 13.5. The number of phenols is 1. The van der Waals surface area contributed by atoms with E-state index in [4.69, 9.17) is 0 Å². The average molecular weight is 277 g/mol. The molecule has 2 N–H and O–H groups in total. The second-order valence-electron chi connectivity index (χ2n) is 4.90. The van der Waals surface area contributed by atoms with Gasteiger partial charge in [0, 0.05) is 29.8 Å². The number of halogens is 2. The summed E-state index contributed by atoms with van der Waals surface area (Å²) in [7, 11) is 0. The lowest BCUT2D eigenvalue weighted by atomic mass is 10.0. The molecular weight excluding hydrogens is 260 g/mol. The maximum absolute atomic E-state index is 13.5. The zero-order valence-corrected chi connectivity index (χ0v) is 11.5. The molecule has 0 heterocycles. The average Bonchev–Trinajstić information content (AvgIpc) is 2.37. The van der Waals surface area contributed by atoms with Crippen LogP contribution in [0.3, 0.4) is 0 Å². The van der Waals surface area contributed by atoms with E-state index in [1.807, 2.05) is 26.0 Å². The molecule has 2 aromatic rings. The zero-order valence-electron chi connectivity index (χ0n) is 11.5. The number of hydrogen-bond acceptors (Lipinski definition) is 2. The normalized spacial score (nSPS) is 12.4. The Kier molecular flexibility index (Phi) is 4.35. The van der Waals surface area contributed by atoms with Crippen molar-refractivity contribution < 1.29 is 13.9 Å². The predicted molar refractivity (Wildman–Crippen MR) is 74.5 cm³/mol. The molecule has 1 atom stereocenters. The van der Waals surface area contributed by atoms with Gasteiger partial charge < -0.3 is 10.4 Å². The highest BCUT2D eigenvalue weighted by Crippen LogP contribution is 2.25. The summed E-state index contributed by atoms with van der Waals surface area (Å²) >= 11 is 0. The van der Waals surface area contributed by atoms with Crippen molar-refractivity contribution in [2.24, 2.45) is 0 Å². The number of rotatable bonds is 4. The molecule has 2 rings (SSSR count). The molecule has 0 aromatic heterocycles. The first-order valence-corrected chi connectivity index (χ1v) is 6.44. The van der Waals surface area contributed by atoms with Crippen molar-refractivity contribution in [2.45, 2.75) is 26.4 Å². The SMILES string of the molecule is Cc1ccc(C(C)NCc2ccc(F)cc2F)c(O)c1. The third kappa shape index (κ3) is 3.33. The minimum absolute atomic E-state index is 0.139. The van der Waals surface area contributed by atoms with Gasteiger partial charge in [-0.05, 0) is 31.5 Å². The Hall–Kier alpha value is -1.94. The lowest BCUT2D eigenvalue weighted by molar-refractivity contribution is 0.450. The second-order valence-corrected chi connectivity index (χ2v) is 4.90. The molecule has 4 heteroatoms. The zero-order chi connectivity index (χ0) is 14.7. The van der Waals surface area contributed by atoms with Crippen LogP contribution in [0.15, 0.2) is 36.4 Å². The van der Waals surface area contributed by atoms with Crippen LogP contribution in [0.4, 0.5) is 8.78 Å². The van der Waals surface area contributed by atoms with Crippen LogP contribution in [0.1, 0.15) is 29.7 Å². The van der Waals surface area contributed by atoms with Crippen LogP contribution in [0, 0.1) is 18.6 Å². The van der Waals surface area contributed by atoms with Crippen molar-refractivity contribution >= 4 is 0 Å². The Labute approximate surface area is 117 Å². The van der Waals surface area contributed by atoms with Gasteiger partial charge in [0.15, 0.2) is 0 Å². The number of aryl methyl sites for hydroxylation is 1. The molecule has 106 valence electrons. The Morgan fingerprint density at radius 3 is 2.55 bits per heavy atom. The molecule has 0 aliphatic heterocycles. The fraction of sp³-hybridized carbons (Fsp3) is 0.250. The number of aromatic hydroxyl groups is 1. The first-order chi connectivity index (χ1) is 9.47. The van der Waals surface area contributed by atoms with Gasteiger partial charge in [-0.1, -0.05) is 18.2 Å². The number of phenolic OH excluding ortho intramolecular Hbond substituents is 1. The molecule has 0 spiro atoms. The van der Waals surface area contributed by atoms with Crippen LogP contribution in [-0.2, 0) is 6.54 Å². The van der Waals surface area contributed by atoms with Crippen LogP contribution < -0.4 is 5.32 Å². The van der Waals surface area contributed by atoms with Gasteiger partial charge in [-0.2, -0.15) is 0 Å². The molecule has 0 saturated carbocycles. The van der Waals surface area contributed by atoms with E-state index >= 15 is 0 Å². The highest BCUT2D eigenvalue weighted by Gasteiger charge is 2.11. The molecule has 0 amide bonds.